The van der Waals surface area contributed by atoms with Gasteiger partial charge in [0.25, 0.3) is 5.69 Å². The Hall–Kier alpha value is -3.25. The lowest BCUT2D eigenvalue weighted by Crippen LogP contribution is -2.16. The lowest BCUT2D eigenvalue weighted by molar-refractivity contribution is -0.384. The van der Waals surface area contributed by atoms with Crippen LogP contribution in [0.2, 0.25) is 0 Å². The van der Waals surface area contributed by atoms with E-state index in [1.165, 1.54) is 18.3 Å². The lowest BCUT2D eigenvalue weighted by Gasteiger charge is -2.11. The number of nitro benzene ring substituents is 1. The maximum atomic E-state index is 12.3. The number of hydrazone groups is 1. The Bertz CT molecular complexity index is 1330. The predicted molar refractivity (Wildman–Crippen MR) is 136 cm³/mol. The van der Waals surface area contributed by atoms with Gasteiger partial charge in [-0.15, -0.1) is 0 Å². The monoisotopic (exact) mass is 619 g/mol. The molecule has 0 aliphatic carbocycles. The van der Waals surface area contributed by atoms with Crippen LogP contribution >= 0.6 is 38.5 Å². The summed E-state index contributed by atoms with van der Waals surface area (Å²) in [5, 5.41) is 15.8. The molecule has 33 heavy (non-hydrogen) atoms. The van der Waals surface area contributed by atoms with Gasteiger partial charge in [0.2, 0.25) is 0 Å². The Labute approximate surface area is 210 Å². The fraction of sp³-hybridized carbons (Fsp3) is 0.0435. The van der Waals surface area contributed by atoms with Crippen LogP contribution in [0.3, 0.4) is 0 Å². The van der Waals surface area contributed by atoms with Crippen LogP contribution < -0.4 is 10.2 Å². The van der Waals surface area contributed by atoms with E-state index in [0.717, 1.165) is 14.5 Å². The van der Waals surface area contributed by atoms with Gasteiger partial charge in [-0.3, -0.25) is 14.9 Å². The fourth-order valence-corrected chi connectivity index (χ4v) is 4.79. The summed E-state index contributed by atoms with van der Waals surface area (Å²) in [5.74, 6) is 0.327. The third-order valence-corrected chi connectivity index (χ3v) is 5.94. The van der Waals surface area contributed by atoms with E-state index >= 15 is 0 Å². The predicted octanol–water partition coefficient (Wildman–Crippen LogP) is 6.05. The molecule has 0 unspecified atom stereocenters. The van der Waals surface area contributed by atoms with Crippen molar-refractivity contribution >= 4 is 67.3 Å². The van der Waals surface area contributed by atoms with Gasteiger partial charge in [-0.2, -0.15) is 5.10 Å². The van der Waals surface area contributed by atoms with Gasteiger partial charge in [-0.1, -0.05) is 30.3 Å². The second-order valence-electron chi connectivity index (χ2n) is 6.88. The summed E-state index contributed by atoms with van der Waals surface area (Å²) in [5.41, 5.74) is 4.52. The summed E-state index contributed by atoms with van der Waals surface area (Å²) in [4.78, 5) is 22.8. The molecule has 4 aromatic rings. The number of ether oxygens (including phenoxy) is 1. The number of carbonyl (C=O) groups excluding carboxylic acids is 1. The minimum absolute atomic E-state index is 0.0149. The molecular weight excluding hydrogens is 605 g/mol. The number of nitrogens with one attached hydrogen (secondary N) is 1. The highest BCUT2D eigenvalue weighted by Gasteiger charge is 2.12. The van der Waals surface area contributed by atoms with Crippen LogP contribution in [0.5, 0.6) is 5.75 Å². The van der Waals surface area contributed by atoms with Gasteiger partial charge in [0.1, 0.15) is 17.9 Å². The molecule has 4 rings (SSSR count). The zero-order valence-corrected chi connectivity index (χ0v) is 20.6. The number of halogens is 2. The molecule has 0 saturated carbocycles. The van der Waals surface area contributed by atoms with Crippen molar-refractivity contribution in [3.63, 3.8) is 0 Å². The Morgan fingerprint density at radius 1 is 1.18 bits per heavy atom. The van der Waals surface area contributed by atoms with Gasteiger partial charge in [0.15, 0.2) is 5.76 Å². The SMILES string of the molecule is O=C(N/N=C/c1cc(Br)c(OCc2cccc([N+](=O)[O-])c2)c(I)c1)c1cc2ccccc2o1. The minimum atomic E-state index is -0.451. The number of hydrogen-bond acceptors (Lipinski definition) is 6. The van der Waals surface area contributed by atoms with Crippen molar-refractivity contribution in [1.82, 2.24) is 5.43 Å². The van der Waals surface area contributed by atoms with Gasteiger partial charge in [0, 0.05) is 17.5 Å². The lowest BCUT2D eigenvalue weighted by atomic mass is 10.2. The number of rotatable bonds is 7. The first kappa shape index (κ1) is 22.9. The van der Waals surface area contributed by atoms with E-state index < -0.39 is 10.8 Å². The number of furan rings is 1. The molecule has 8 nitrogen and oxygen atoms in total. The van der Waals surface area contributed by atoms with E-state index in [1.807, 2.05) is 24.3 Å². The molecule has 0 aliphatic heterocycles. The standard InChI is InChI=1S/C23H15BrIN3O5/c24-18-9-15(12-26-27-23(29)21-11-16-5-1-2-7-20(16)33-21)10-19(25)22(18)32-13-14-4-3-6-17(8-14)28(30)31/h1-12H,13H2,(H,27,29)/b26-12+. The van der Waals surface area contributed by atoms with Crippen molar-refractivity contribution in [2.75, 3.05) is 0 Å². The second-order valence-corrected chi connectivity index (χ2v) is 8.89. The summed E-state index contributed by atoms with van der Waals surface area (Å²) in [6.45, 7) is 0.178. The van der Waals surface area contributed by atoms with Crippen LogP contribution in [0.25, 0.3) is 11.0 Å². The molecule has 1 heterocycles. The minimum Gasteiger partial charge on any atom is -0.487 e. The van der Waals surface area contributed by atoms with Crippen LogP contribution in [0.4, 0.5) is 5.69 Å². The number of nitrogens with zero attached hydrogens (tertiary/aromatic N) is 2. The molecule has 0 fully saturated rings. The number of carbonyl (C=O) groups is 1. The van der Waals surface area contributed by atoms with Gasteiger partial charge < -0.3 is 9.15 Å². The van der Waals surface area contributed by atoms with E-state index in [-0.39, 0.29) is 18.1 Å². The van der Waals surface area contributed by atoms with E-state index in [9.17, 15) is 14.9 Å². The third kappa shape index (κ3) is 5.57. The summed E-state index contributed by atoms with van der Waals surface area (Å²) >= 11 is 5.61. The number of hydrogen-bond donors (Lipinski definition) is 1. The van der Waals surface area contributed by atoms with Gasteiger partial charge in [-0.05, 0) is 73.9 Å². The van der Waals surface area contributed by atoms with Crippen molar-refractivity contribution in [2.24, 2.45) is 5.10 Å². The van der Waals surface area contributed by atoms with Gasteiger partial charge in [-0.25, -0.2) is 5.43 Å². The summed E-state index contributed by atoms with van der Waals surface area (Å²) < 4.78 is 12.9. The van der Waals surface area contributed by atoms with Crippen LogP contribution in [-0.4, -0.2) is 17.0 Å². The van der Waals surface area contributed by atoms with Gasteiger partial charge in [0.05, 0.1) is 19.2 Å². The average molecular weight is 620 g/mol. The van der Waals surface area contributed by atoms with E-state index in [2.05, 4.69) is 49.0 Å². The normalized spacial score (nSPS) is 11.1. The van der Waals surface area contributed by atoms with Crippen LogP contribution in [0.15, 0.2) is 80.7 Å². The smallest absolute Gasteiger partial charge is 0.307 e. The van der Waals surface area contributed by atoms with E-state index in [4.69, 9.17) is 9.15 Å². The summed E-state index contributed by atoms with van der Waals surface area (Å²) in [7, 11) is 0. The van der Waals surface area contributed by atoms with E-state index in [1.54, 1.807) is 30.3 Å². The van der Waals surface area contributed by atoms with Crippen molar-refractivity contribution in [3.8, 4) is 5.75 Å². The Morgan fingerprint density at radius 3 is 2.76 bits per heavy atom. The van der Waals surface area contributed by atoms with Gasteiger partial charge >= 0.3 is 5.91 Å². The third-order valence-electron chi connectivity index (χ3n) is 4.55. The first-order valence-corrected chi connectivity index (χ1v) is 11.4. The van der Waals surface area contributed by atoms with Crippen molar-refractivity contribution in [3.05, 3.63) is 102 Å². The molecule has 0 atom stereocenters. The molecule has 0 spiro atoms. The molecule has 1 N–H and O–H groups in total. The second kappa shape index (κ2) is 10.1. The topological polar surface area (TPSA) is 107 Å². The highest BCUT2D eigenvalue weighted by Crippen LogP contribution is 2.32. The molecule has 0 aliphatic rings. The van der Waals surface area contributed by atoms with Crippen LogP contribution in [-0.2, 0) is 6.61 Å². The molecular formula is C23H15BrIN3O5. The molecule has 1 aromatic heterocycles. The quantitative estimate of drug-likeness (QED) is 0.117. The first-order valence-electron chi connectivity index (χ1n) is 9.58. The first-order chi connectivity index (χ1) is 15.9. The van der Waals surface area contributed by atoms with E-state index in [0.29, 0.717) is 21.4 Å². The largest absolute Gasteiger partial charge is 0.487 e. The Balaban J connectivity index is 1.41. The molecule has 3 aromatic carbocycles. The maximum Gasteiger partial charge on any atom is 0.307 e. The number of non-ortho nitro benzene ring substituents is 1. The zero-order valence-electron chi connectivity index (χ0n) is 16.8. The molecule has 0 bridgehead atoms. The summed E-state index contributed by atoms with van der Waals surface area (Å²) in [6, 6.07) is 18.9. The molecule has 0 saturated heterocycles. The number of nitro groups is 1. The number of amides is 1. The fourth-order valence-electron chi connectivity index (χ4n) is 3.02. The molecule has 1 amide bonds. The zero-order chi connectivity index (χ0) is 23.4. The van der Waals surface area contributed by atoms with Crippen molar-refractivity contribution in [2.45, 2.75) is 6.61 Å². The highest BCUT2D eigenvalue weighted by molar-refractivity contribution is 14.1. The molecule has 0 radical (unpaired) electrons. The number of para-hydroxylation sites is 1. The summed E-state index contributed by atoms with van der Waals surface area (Å²) in [6.07, 6.45) is 1.51. The van der Waals surface area contributed by atoms with Crippen molar-refractivity contribution < 1.29 is 18.9 Å². The highest BCUT2D eigenvalue weighted by atomic mass is 127. The Kier molecular flexibility index (Phi) is 7.04. The molecule has 10 heteroatoms. The Morgan fingerprint density at radius 2 is 2.00 bits per heavy atom. The maximum absolute atomic E-state index is 12.3. The molecule has 166 valence electrons. The van der Waals surface area contributed by atoms with Crippen molar-refractivity contribution in [1.29, 1.82) is 0 Å². The van der Waals surface area contributed by atoms with Crippen LogP contribution in [0, 0.1) is 13.7 Å². The number of fused-ring (bicyclic) bond motifs is 1. The number of benzene rings is 3. The van der Waals surface area contributed by atoms with Crippen LogP contribution in [0.1, 0.15) is 21.7 Å². The average Bonchev–Trinajstić information content (AvgIpc) is 3.23.